The summed E-state index contributed by atoms with van der Waals surface area (Å²) in [7, 11) is -4.25. The van der Waals surface area contributed by atoms with Gasteiger partial charge < -0.3 is 25.3 Å². The average molecular weight is 1090 g/mol. The summed E-state index contributed by atoms with van der Waals surface area (Å²) in [5.41, 5.74) is -1.05. The maximum atomic E-state index is 14.7. The van der Waals surface area contributed by atoms with Crippen LogP contribution in [-0.4, -0.2) is 102 Å². The van der Waals surface area contributed by atoms with Crippen molar-refractivity contribution in [2.75, 3.05) is 54.8 Å². The zero-order valence-electron chi connectivity index (χ0n) is 40.6. The van der Waals surface area contributed by atoms with Crippen LogP contribution in [0.2, 0.25) is 0 Å². The van der Waals surface area contributed by atoms with Gasteiger partial charge in [0.1, 0.15) is 6.54 Å². The highest BCUT2D eigenvalue weighted by Crippen LogP contribution is 2.42. The SMILES string of the molecule is N#Cc1ccc([C@H]2NC(=O)N(c3cccc(C(F)(F)F)c3)C3=C2C(=O)N(CCN(CCN2CC4=C(C2=O)[C@@H](c2ccc(C#N)cc2)NC(=O)N4c2cccc(C(F)(F)F)c2)C(=O)c2cc[n+](CCCS(=O)(=O)O)cc2)C3)cc1. The lowest BCUT2D eigenvalue weighted by Crippen LogP contribution is -2.47. The van der Waals surface area contributed by atoms with Gasteiger partial charge in [-0.15, -0.1) is 0 Å². The quantitative estimate of drug-likeness (QED) is 0.0577. The first-order chi connectivity index (χ1) is 37.0. The van der Waals surface area contributed by atoms with Gasteiger partial charge in [-0.25, -0.2) is 14.2 Å². The van der Waals surface area contributed by atoms with Gasteiger partial charge in [0.25, 0.3) is 27.8 Å². The predicted octanol–water partition coefficient (Wildman–Crippen LogP) is 6.61. The summed E-state index contributed by atoms with van der Waals surface area (Å²) in [5.74, 6) is -2.46. The summed E-state index contributed by atoms with van der Waals surface area (Å²) in [6.45, 7) is -1.55. The van der Waals surface area contributed by atoms with E-state index in [2.05, 4.69) is 10.6 Å². The number of anilines is 2. The highest BCUT2D eigenvalue weighted by Gasteiger charge is 2.47. The van der Waals surface area contributed by atoms with Crippen LogP contribution in [0.5, 0.6) is 0 Å². The van der Waals surface area contributed by atoms with E-state index in [0.29, 0.717) is 11.1 Å². The molecule has 4 aromatic carbocycles. The molecule has 7 amide bonds. The van der Waals surface area contributed by atoms with Gasteiger partial charge in [-0.1, -0.05) is 36.4 Å². The van der Waals surface area contributed by atoms with Crippen LogP contribution in [-0.2, 0) is 38.6 Å². The maximum Gasteiger partial charge on any atom is 0.416 e. The van der Waals surface area contributed by atoms with Crippen LogP contribution in [0.3, 0.4) is 0 Å². The summed E-state index contributed by atoms with van der Waals surface area (Å²) >= 11 is 0. The van der Waals surface area contributed by atoms with E-state index in [0.717, 1.165) is 46.2 Å². The number of hydrogen-bond acceptors (Lipinski definition) is 9. The minimum atomic E-state index is -4.79. The van der Waals surface area contributed by atoms with Crippen molar-refractivity contribution in [2.24, 2.45) is 0 Å². The molecule has 0 aliphatic carbocycles. The number of carbonyl (C=O) groups excluding carboxylic acids is 5. The molecular weight excluding hydrogens is 1050 g/mol. The fourth-order valence-corrected chi connectivity index (χ4v) is 10.2. The number of rotatable bonds is 15. The third-order valence-corrected chi connectivity index (χ3v) is 14.3. The molecule has 0 radical (unpaired) electrons. The summed E-state index contributed by atoms with van der Waals surface area (Å²) in [6, 6.07) is 22.8. The van der Waals surface area contributed by atoms with Crippen LogP contribution in [0.4, 0.5) is 47.3 Å². The zero-order chi connectivity index (χ0) is 55.8. The summed E-state index contributed by atoms with van der Waals surface area (Å²) in [5, 5.41) is 24.3. The Balaban J connectivity index is 1.03. The number of nitrogens with zero attached hydrogens (tertiary/aromatic N) is 8. The van der Waals surface area contributed by atoms with Crippen molar-refractivity contribution in [3.05, 3.63) is 183 Å². The number of pyridine rings is 1. The smallest absolute Gasteiger partial charge is 0.335 e. The van der Waals surface area contributed by atoms with Gasteiger partial charge in [0.05, 0.1) is 105 Å². The number of aryl methyl sites for hydroxylation is 1. The van der Waals surface area contributed by atoms with Crippen molar-refractivity contribution < 1.29 is 67.9 Å². The molecule has 25 heteroatoms. The second-order valence-corrected chi connectivity index (χ2v) is 20.0. The van der Waals surface area contributed by atoms with Crippen molar-refractivity contribution in [1.82, 2.24) is 25.3 Å². The Morgan fingerprint density at radius 1 is 0.667 bits per heavy atom. The molecule has 5 aromatic rings. The Morgan fingerprint density at radius 2 is 1.09 bits per heavy atom. The molecule has 0 unspecified atom stereocenters. The Morgan fingerprint density at radius 3 is 1.47 bits per heavy atom. The second kappa shape index (κ2) is 21.2. The minimum Gasteiger partial charge on any atom is -0.335 e. The lowest BCUT2D eigenvalue weighted by atomic mass is 9.94. The molecule has 3 N–H and O–H groups in total. The number of urea groups is 2. The van der Waals surface area contributed by atoms with Crippen molar-refractivity contribution >= 4 is 51.3 Å². The Hall–Kier alpha value is -9.07. The largest absolute Gasteiger partial charge is 0.416 e. The lowest BCUT2D eigenvalue weighted by Gasteiger charge is -2.34. The molecule has 0 fully saturated rings. The second-order valence-electron chi connectivity index (χ2n) is 18.4. The molecule has 0 spiro atoms. The molecule has 400 valence electrons. The van der Waals surface area contributed by atoms with Crippen molar-refractivity contribution in [3.8, 4) is 12.1 Å². The van der Waals surface area contributed by atoms with Gasteiger partial charge in [0.2, 0.25) is 0 Å². The van der Waals surface area contributed by atoms with E-state index >= 15 is 0 Å². The molecular formula is C53H43F6N10O8S+. The van der Waals surface area contributed by atoms with Gasteiger partial charge in [-0.05, 0) is 71.8 Å². The Bertz CT molecular complexity index is 3340. The van der Waals surface area contributed by atoms with E-state index in [1.165, 1.54) is 99.9 Å². The van der Waals surface area contributed by atoms with Crippen LogP contribution < -0.4 is 25.0 Å². The number of hydrogen-bond donors (Lipinski definition) is 3. The van der Waals surface area contributed by atoms with Crippen LogP contribution >= 0.6 is 0 Å². The third kappa shape index (κ3) is 11.1. The number of halogens is 6. The van der Waals surface area contributed by atoms with E-state index in [1.54, 1.807) is 4.57 Å². The molecule has 4 aliphatic rings. The van der Waals surface area contributed by atoms with Gasteiger partial charge in [0, 0.05) is 44.7 Å². The molecule has 5 heterocycles. The first kappa shape index (κ1) is 53.7. The summed E-state index contributed by atoms with van der Waals surface area (Å²) < 4.78 is 117. The maximum absolute atomic E-state index is 14.7. The molecule has 78 heavy (non-hydrogen) atoms. The fourth-order valence-electron chi connectivity index (χ4n) is 9.70. The molecule has 9 rings (SSSR count). The van der Waals surface area contributed by atoms with Crippen molar-refractivity contribution in [2.45, 2.75) is 37.4 Å². The number of amides is 7. The molecule has 0 bridgehead atoms. The number of aromatic nitrogens is 1. The fraction of sp³-hybridized carbons (Fsp3) is 0.245. The van der Waals surface area contributed by atoms with Gasteiger partial charge in [-0.3, -0.25) is 28.7 Å². The van der Waals surface area contributed by atoms with Gasteiger partial charge in [0.15, 0.2) is 12.4 Å². The van der Waals surface area contributed by atoms with E-state index in [9.17, 15) is 73.8 Å². The lowest BCUT2D eigenvalue weighted by molar-refractivity contribution is -0.696. The highest BCUT2D eigenvalue weighted by molar-refractivity contribution is 7.85. The molecule has 2 atom stereocenters. The van der Waals surface area contributed by atoms with E-state index < -0.39 is 81.2 Å². The summed E-state index contributed by atoms with van der Waals surface area (Å²) in [4.78, 5) is 77.9. The van der Waals surface area contributed by atoms with E-state index in [4.69, 9.17) is 0 Å². The first-order valence-corrected chi connectivity index (χ1v) is 25.5. The first-order valence-electron chi connectivity index (χ1n) is 23.9. The number of benzene rings is 4. The number of alkyl halides is 6. The molecule has 0 saturated carbocycles. The normalized spacial score (nSPS) is 17.7. The van der Waals surface area contributed by atoms with Crippen LogP contribution in [0.15, 0.2) is 144 Å². The summed E-state index contributed by atoms with van der Waals surface area (Å²) in [6.07, 6.45) is -6.57. The van der Waals surface area contributed by atoms with Crippen LogP contribution in [0.25, 0.3) is 0 Å². The standard InChI is InChI=1S/C53H42F6N10O8S/c54-52(55,56)37-4-1-6-39(26-37)68-41-30-66(48(71)43(41)45(62-50(68)73)34-12-8-32(28-60)9-13-34)23-21-65(47(70)36-16-19-64(20-17-36)18-3-25-78(75,76)77)22-24-67-31-42-44(49(67)72)46(35-14-10-33(29-61)11-15-35)63-51(74)69(42)40-7-2-5-38(27-40)53(57,58)59/h1-2,4-17,19-20,26-27,45-46H,3,18,21-25,30-31H2,(H2-,62,63,73,74,75,76,77)/p+1/t45-,46-/m1/s1. The third-order valence-electron chi connectivity index (χ3n) is 13.5. The molecule has 0 saturated heterocycles. The molecule has 18 nitrogen and oxygen atoms in total. The number of nitriles is 2. The average Bonchev–Trinajstić information content (AvgIpc) is 4.00. The monoisotopic (exact) mass is 1090 g/mol. The number of carbonyl (C=O) groups is 5. The highest BCUT2D eigenvalue weighted by atomic mass is 32.2. The number of nitrogens with one attached hydrogen (secondary N) is 2. The minimum absolute atomic E-state index is 0.000764. The molecule has 1 aromatic heterocycles. The topological polar surface area (TPSA) is 231 Å². The zero-order valence-corrected chi connectivity index (χ0v) is 41.4. The van der Waals surface area contributed by atoms with E-state index in [-0.39, 0.29) is 103 Å². The van der Waals surface area contributed by atoms with E-state index in [1.807, 2.05) is 12.1 Å². The molecule has 4 aliphatic heterocycles. The predicted molar refractivity (Wildman–Crippen MR) is 263 cm³/mol. The Kier molecular flexibility index (Phi) is 14.6. The van der Waals surface area contributed by atoms with Crippen molar-refractivity contribution in [1.29, 1.82) is 10.5 Å². The van der Waals surface area contributed by atoms with Crippen molar-refractivity contribution in [3.63, 3.8) is 0 Å². The van der Waals surface area contributed by atoms with Gasteiger partial charge in [-0.2, -0.15) is 45.3 Å². The van der Waals surface area contributed by atoms with Crippen LogP contribution in [0.1, 0.15) is 62.2 Å². The van der Waals surface area contributed by atoms with Crippen LogP contribution in [0, 0.1) is 22.7 Å². The Labute approximate surface area is 441 Å². The van der Waals surface area contributed by atoms with Gasteiger partial charge >= 0.3 is 24.4 Å².